The number of benzene rings is 2. The number of rotatable bonds is 5. The van der Waals surface area contributed by atoms with Gasteiger partial charge in [-0.3, -0.25) is 4.79 Å². The standard InChI is InChI=1S/C24H20FN3O3/c25-21-3-1-2-4-22(21)31-20-13-14-28(16-20)23-12-11-19(26-27-23)10-9-17-5-7-18(8-6-17)15-24(29)30/h1-8,11-12,20H,13-16H2,(H,29,30)/t20-/m0/s1. The topological polar surface area (TPSA) is 75.5 Å². The fraction of sp³-hybridized carbons (Fsp3) is 0.208. The number of anilines is 1. The van der Waals surface area contributed by atoms with Gasteiger partial charge >= 0.3 is 5.97 Å². The predicted octanol–water partition coefficient (Wildman–Crippen LogP) is 3.30. The Morgan fingerprint density at radius 3 is 2.61 bits per heavy atom. The highest BCUT2D eigenvalue weighted by molar-refractivity contribution is 5.70. The number of para-hydroxylation sites is 1. The van der Waals surface area contributed by atoms with E-state index in [0.29, 0.717) is 12.2 Å². The number of aromatic nitrogens is 2. The minimum absolute atomic E-state index is 0.0106. The van der Waals surface area contributed by atoms with Crippen molar-refractivity contribution < 1.29 is 19.0 Å². The van der Waals surface area contributed by atoms with Crippen molar-refractivity contribution in [3.05, 3.63) is 83.3 Å². The number of ether oxygens (including phenoxy) is 1. The molecule has 1 aromatic heterocycles. The largest absolute Gasteiger partial charge is 0.485 e. The van der Waals surface area contributed by atoms with Crippen molar-refractivity contribution in [2.45, 2.75) is 18.9 Å². The molecule has 4 rings (SSSR count). The molecule has 0 saturated carbocycles. The van der Waals surface area contributed by atoms with Gasteiger partial charge in [-0.1, -0.05) is 30.2 Å². The van der Waals surface area contributed by atoms with E-state index in [9.17, 15) is 9.18 Å². The molecule has 3 aromatic rings. The number of hydrogen-bond acceptors (Lipinski definition) is 5. The van der Waals surface area contributed by atoms with Crippen LogP contribution >= 0.6 is 0 Å². The first-order chi connectivity index (χ1) is 15.1. The summed E-state index contributed by atoms with van der Waals surface area (Å²) in [6.45, 7) is 1.36. The van der Waals surface area contributed by atoms with Gasteiger partial charge in [0.2, 0.25) is 0 Å². The molecule has 1 N–H and O–H groups in total. The van der Waals surface area contributed by atoms with Gasteiger partial charge in [0, 0.05) is 18.5 Å². The summed E-state index contributed by atoms with van der Waals surface area (Å²) in [7, 11) is 0. The highest BCUT2D eigenvalue weighted by Gasteiger charge is 2.26. The summed E-state index contributed by atoms with van der Waals surface area (Å²) in [5, 5.41) is 17.2. The molecule has 1 saturated heterocycles. The van der Waals surface area contributed by atoms with E-state index < -0.39 is 5.97 Å². The monoisotopic (exact) mass is 417 g/mol. The summed E-state index contributed by atoms with van der Waals surface area (Å²) >= 11 is 0. The molecular weight excluding hydrogens is 397 g/mol. The Labute approximate surface area is 179 Å². The lowest BCUT2D eigenvalue weighted by molar-refractivity contribution is -0.136. The summed E-state index contributed by atoms with van der Waals surface area (Å²) in [5.74, 6) is 5.73. The summed E-state index contributed by atoms with van der Waals surface area (Å²) in [5.41, 5.74) is 2.04. The van der Waals surface area contributed by atoms with Crippen LogP contribution in [0.5, 0.6) is 5.75 Å². The normalized spacial score (nSPS) is 15.3. The molecule has 6 nitrogen and oxygen atoms in total. The number of carbonyl (C=O) groups is 1. The zero-order valence-corrected chi connectivity index (χ0v) is 16.7. The predicted molar refractivity (Wildman–Crippen MR) is 113 cm³/mol. The first kappa shape index (κ1) is 20.4. The first-order valence-electron chi connectivity index (χ1n) is 9.89. The molecule has 0 spiro atoms. The molecule has 1 fully saturated rings. The number of hydrogen-bond donors (Lipinski definition) is 1. The summed E-state index contributed by atoms with van der Waals surface area (Å²) in [6, 6.07) is 17.1. The minimum atomic E-state index is -0.864. The van der Waals surface area contributed by atoms with Crippen LogP contribution in [-0.4, -0.2) is 40.5 Å². The van der Waals surface area contributed by atoms with Gasteiger partial charge in [-0.15, -0.1) is 10.2 Å². The van der Waals surface area contributed by atoms with Crippen molar-refractivity contribution in [2.75, 3.05) is 18.0 Å². The fourth-order valence-electron chi connectivity index (χ4n) is 3.33. The van der Waals surface area contributed by atoms with Crippen molar-refractivity contribution in [1.82, 2.24) is 10.2 Å². The van der Waals surface area contributed by atoms with Gasteiger partial charge in [-0.25, -0.2) is 4.39 Å². The second kappa shape index (κ2) is 9.26. The molecular formula is C24H20FN3O3. The van der Waals surface area contributed by atoms with Crippen molar-refractivity contribution in [2.24, 2.45) is 0 Å². The van der Waals surface area contributed by atoms with Gasteiger partial charge in [0.15, 0.2) is 17.4 Å². The maximum absolute atomic E-state index is 13.8. The number of halogens is 1. The average Bonchev–Trinajstić information content (AvgIpc) is 3.23. The Kier molecular flexibility index (Phi) is 6.08. The Bertz CT molecular complexity index is 1120. The Balaban J connectivity index is 1.35. The van der Waals surface area contributed by atoms with Gasteiger partial charge in [-0.05, 0) is 47.9 Å². The zero-order valence-electron chi connectivity index (χ0n) is 16.7. The van der Waals surface area contributed by atoms with Crippen LogP contribution in [0.25, 0.3) is 0 Å². The molecule has 0 amide bonds. The highest BCUT2D eigenvalue weighted by Crippen LogP contribution is 2.23. The van der Waals surface area contributed by atoms with Crippen LogP contribution in [0.1, 0.15) is 23.2 Å². The summed E-state index contributed by atoms with van der Waals surface area (Å²) in [4.78, 5) is 12.8. The summed E-state index contributed by atoms with van der Waals surface area (Å²) < 4.78 is 19.6. The second-order valence-electron chi connectivity index (χ2n) is 7.20. The van der Waals surface area contributed by atoms with E-state index in [4.69, 9.17) is 9.84 Å². The molecule has 156 valence electrons. The Morgan fingerprint density at radius 1 is 1.10 bits per heavy atom. The van der Waals surface area contributed by atoms with Gasteiger partial charge < -0.3 is 14.7 Å². The molecule has 1 aliphatic heterocycles. The van der Waals surface area contributed by atoms with Gasteiger partial charge in [-0.2, -0.15) is 0 Å². The van der Waals surface area contributed by atoms with Crippen LogP contribution in [0.3, 0.4) is 0 Å². The van der Waals surface area contributed by atoms with Crippen LogP contribution in [0.15, 0.2) is 60.7 Å². The third kappa shape index (κ3) is 5.37. The Morgan fingerprint density at radius 2 is 1.90 bits per heavy atom. The number of carboxylic acids is 1. The van der Waals surface area contributed by atoms with E-state index in [1.54, 1.807) is 48.5 Å². The van der Waals surface area contributed by atoms with Gasteiger partial charge in [0.05, 0.1) is 13.0 Å². The number of nitrogens with zero attached hydrogens (tertiary/aromatic N) is 3. The quantitative estimate of drug-likeness (QED) is 0.642. The van der Waals surface area contributed by atoms with Crippen LogP contribution in [0.2, 0.25) is 0 Å². The minimum Gasteiger partial charge on any atom is -0.485 e. The highest BCUT2D eigenvalue weighted by atomic mass is 19.1. The van der Waals surface area contributed by atoms with E-state index in [1.807, 2.05) is 6.07 Å². The zero-order chi connectivity index (χ0) is 21.6. The lowest BCUT2D eigenvalue weighted by atomic mass is 10.1. The number of carboxylic acid groups (broad SMARTS) is 1. The molecule has 0 radical (unpaired) electrons. The molecule has 7 heteroatoms. The maximum atomic E-state index is 13.8. The molecule has 2 heterocycles. The molecule has 0 unspecified atom stereocenters. The lowest BCUT2D eigenvalue weighted by Gasteiger charge is -2.17. The molecule has 1 atom stereocenters. The maximum Gasteiger partial charge on any atom is 0.307 e. The third-order valence-corrected chi connectivity index (χ3v) is 4.89. The average molecular weight is 417 g/mol. The van der Waals surface area contributed by atoms with E-state index >= 15 is 0 Å². The van der Waals surface area contributed by atoms with Crippen LogP contribution in [0.4, 0.5) is 10.2 Å². The molecule has 2 aromatic carbocycles. The van der Waals surface area contributed by atoms with Crippen molar-refractivity contribution >= 4 is 11.8 Å². The van der Waals surface area contributed by atoms with Crippen molar-refractivity contribution in [1.29, 1.82) is 0 Å². The molecule has 0 aliphatic carbocycles. The smallest absolute Gasteiger partial charge is 0.307 e. The van der Waals surface area contributed by atoms with E-state index in [1.165, 1.54) is 6.07 Å². The van der Waals surface area contributed by atoms with E-state index in [0.717, 1.165) is 29.9 Å². The van der Waals surface area contributed by atoms with Crippen molar-refractivity contribution in [3.63, 3.8) is 0 Å². The fourth-order valence-corrected chi connectivity index (χ4v) is 3.33. The van der Waals surface area contributed by atoms with Crippen LogP contribution in [-0.2, 0) is 11.2 Å². The molecule has 0 bridgehead atoms. The first-order valence-corrected chi connectivity index (χ1v) is 9.89. The third-order valence-electron chi connectivity index (χ3n) is 4.89. The second-order valence-corrected chi connectivity index (χ2v) is 7.20. The van der Waals surface area contributed by atoms with E-state index in [-0.39, 0.29) is 24.1 Å². The SMILES string of the molecule is O=C(O)Cc1ccc(C#Cc2ccc(N3CC[C@H](Oc4ccccc4F)C3)nn2)cc1. The van der Waals surface area contributed by atoms with E-state index in [2.05, 4.69) is 26.9 Å². The Hall–Kier alpha value is -3.92. The van der Waals surface area contributed by atoms with Gasteiger partial charge in [0.1, 0.15) is 11.8 Å². The number of aliphatic carboxylic acids is 1. The molecule has 31 heavy (non-hydrogen) atoms. The van der Waals surface area contributed by atoms with Gasteiger partial charge in [0.25, 0.3) is 0 Å². The summed E-state index contributed by atoms with van der Waals surface area (Å²) in [6.07, 6.45) is 0.654. The lowest BCUT2D eigenvalue weighted by Crippen LogP contribution is -2.25. The van der Waals surface area contributed by atoms with Crippen LogP contribution in [0, 0.1) is 17.7 Å². The van der Waals surface area contributed by atoms with Crippen molar-refractivity contribution in [3.8, 4) is 17.6 Å². The van der Waals surface area contributed by atoms with Crippen LogP contribution < -0.4 is 9.64 Å². The molecule has 1 aliphatic rings.